The van der Waals surface area contributed by atoms with Crippen molar-refractivity contribution < 1.29 is 4.39 Å². The Hall–Kier alpha value is -2.31. The van der Waals surface area contributed by atoms with Crippen LogP contribution in [0.25, 0.3) is 0 Å². The molecule has 0 radical (unpaired) electrons. The normalized spacial score (nSPS) is 22.0. The second kappa shape index (κ2) is 5.65. The minimum Gasteiger partial charge on any atom is -0.347 e. The Labute approximate surface area is 147 Å². The van der Waals surface area contributed by atoms with Gasteiger partial charge in [0.25, 0.3) is 0 Å². The van der Waals surface area contributed by atoms with Crippen LogP contribution in [0, 0.1) is 5.82 Å². The Morgan fingerprint density at radius 3 is 2.54 bits per heavy atom. The molecule has 0 bridgehead atoms. The molecule has 0 amide bonds. The first-order valence-electron chi connectivity index (χ1n) is 7.46. The zero-order valence-corrected chi connectivity index (χ0v) is 14.2. The van der Waals surface area contributed by atoms with Crippen molar-refractivity contribution in [3.63, 3.8) is 0 Å². The summed E-state index contributed by atoms with van der Waals surface area (Å²) in [5.41, 5.74) is 8.67. The molecule has 3 heterocycles. The van der Waals surface area contributed by atoms with E-state index in [1.165, 1.54) is 12.1 Å². The fourth-order valence-electron chi connectivity index (χ4n) is 3.26. The average Bonchev–Trinajstić information content (AvgIpc) is 2.88. The van der Waals surface area contributed by atoms with E-state index in [2.05, 4.69) is 31.2 Å². The second-order valence-corrected chi connectivity index (χ2v) is 6.72. The van der Waals surface area contributed by atoms with Crippen molar-refractivity contribution in [1.82, 2.24) is 9.97 Å². The van der Waals surface area contributed by atoms with Gasteiger partial charge in [-0.2, -0.15) is 0 Å². The molecule has 4 rings (SSSR count). The molecule has 2 atom stereocenters. The third-order valence-corrected chi connectivity index (χ3v) is 4.77. The SMILES string of the molecule is NC1(c2ccc(F)cc2)Nc2ncc(Br)cc2C1c1ccncc1. The van der Waals surface area contributed by atoms with Crippen LogP contribution in [0.2, 0.25) is 0 Å². The van der Waals surface area contributed by atoms with E-state index in [-0.39, 0.29) is 11.7 Å². The van der Waals surface area contributed by atoms with Crippen LogP contribution >= 0.6 is 15.9 Å². The monoisotopic (exact) mass is 384 g/mol. The molecule has 1 aliphatic heterocycles. The molecule has 0 spiro atoms. The number of hydrogen-bond donors (Lipinski definition) is 2. The van der Waals surface area contributed by atoms with Gasteiger partial charge in [-0.05, 0) is 57.4 Å². The lowest BCUT2D eigenvalue weighted by molar-refractivity contribution is 0.473. The van der Waals surface area contributed by atoms with Gasteiger partial charge in [-0.1, -0.05) is 12.1 Å². The largest absolute Gasteiger partial charge is 0.347 e. The van der Waals surface area contributed by atoms with Crippen molar-refractivity contribution in [3.8, 4) is 0 Å². The van der Waals surface area contributed by atoms with Gasteiger partial charge >= 0.3 is 0 Å². The summed E-state index contributed by atoms with van der Waals surface area (Å²) in [6.07, 6.45) is 5.21. The Morgan fingerprint density at radius 1 is 1.12 bits per heavy atom. The molecule has 0 fully saturated rings. The summed E-state index contributed by atoms with van der Waals surface area (Å²) < 4.78 is 14.2. The standard InChI is InChI=1S/C18H14BrFN4/c19-13-9-15-16(11-5-7-22-8-6-11)18(21,24-17(15)23-10-13)12-1-3-14(20)4-2-12/h1-10,16H,21H2,(H,23,24). The van der Waals surface area contributed by atoms with Crippen molar-refractivity contribution >= 4 is 21.7 Å². The van der Waals surface area contributed by atoms with Crippen molar-refractivity contribution in [2.24, 2.45) is 5.73 Å². The molecule has 4 nitrogen and oxygen atoms in total. The predicted octanol–water partition coefficient (Wildman–Crippen LogP) is 3.75. The third kappa shape index (κ3) is 2.39. The molecular formula is C18H14BrFN4. The quantitative estimate of drug-likeness (QED) is 0.706. The fraction of sp³-hybridized carbons (Fsp3) is 0.111. The first-order chi connectivity index (χ1) is 11.6. The number of pyridine rings is 2. The molecule has 0 saturated carbocycles. The number of hydrogen-bond acceptors (Lipinski definition) is 4. The number of nitrogens with zero attached hydrogens (tertiary/aromatic N) is 2. The summed E-state index contributed by atoms with van der Waals surface area (Å²) in [6, 6.07) is 12.1. The first-order valence-corrected chi connectivity index (χ1v) is 8.26. The summed E-state index contributed by atoms with van der Waals surface area (Å²) >= 11 is 3.48. The van der Waals surface area contributed by atoms with Crippen LogP contribution in [-0.2, 0) is 5.66 Å². The maximum atomic E-state index is 13.3. The highest BCUT2D eigenvalue weighted by Crippen LogP contribution is 2.48. The lowest BCUT2D eigenvalue weighted by Crippen LogP contribution is -2.46. The zero-order valence-electron chi connectivity index (χ0n) is 12.6. The van der Waals surface area contributed by atoms with Gasteiger partial charge in [-0.15, -0.1) is 0 Å². The molecule has 24 heavy (non-hydrogen) atoms. The Kier molecular flexibility index (Phi) is 3.58. The molecule has 6 heteroatoms. The van der Waals surface area contributed by atoms with Gasteiger partial charge in [0.15, 0.2) is 0 Å². The van der Waals surface area contributed by atoms with Crippen LogP contribution in [0.4, 0.5) is 10.2 Å². The number of benzene rings is 1. The summed E-state index contributed by atoms with van der Waals surface area (Å²) in [5, 5.41) is 3.33. The van der Waals surface area contributed by atoms with Gasteiger partial charge in [0.05, 0.1) is 5.92 Å². The Bertz CT molecular complexity index is 885. The minimum absolute atomic E-state index is 0.175. The van der Waals surface area contributed by atoms with Crippen LogP contribution in [0.5, 0.6) is 0 Å². The van der Waals surface area contributed by atoms with Gasteiger partial charge in [0.1, 0.15) is 17.3 Å². The van der Waals surface area contributed by atoms with Gasteiger partial charge in [-0.3, -0.25) is 4.98 Å². The molecule has 3 aromatic rings. The second-order valence-electron chi connectivity index (χ2n) is 5.81. The average molecular weight is 385 g/mol. The molecule has 1 aliphatic rings. The van der Waals surface area contributed by atoms with E-state index in [1.54, 1.807) is 30.7 Å². The van der Waals surface area contributed by atoms with Gasteiger partial charge < -0.3 is 11.1 Å². The molecule has 3 N–H and O–H groups in total. The molecule has 2 aromatic heterocycles. The highest BCUT2D eigenvalue weighted by Gasteiger charge is 2.46. The molecule has 120 valence electrons. The topological polar surface area (TPSA) is 63.8 Å². The third-order valence-electron chi connectivity index (χ3n) is 4.34. The minimum atomic E-state index is -0.925. The summed E-state index contributed by atoms with van der Waals surface area (Å²) in [4.78, 5) is 8.53. The summed E-state index contributed by atoms with van der Waals surface area (Å²) in [7, 11) is 0. The predicted molar refractivity (Wildman–Crippen MR) is 93.9 cm³/mol. The van der Waals surface area contributed by atoms with E-state index in [0.717, 1.165) is 27.0 Å². The fourth-order valence-corrected chi connectivity index (χ4v) is 3.60. The van der Waals surface area contributed by atoms with Crippen LogP contribution in [0.15, 0.2) is 65.5 Å². The number of anilines is 1. The van der Waals surface area contributed by atoms with E-state index < -0.39 is 5.66 Å². The number of nitrogens with two attached hydrogens (primary N) is 1. The summed E-state index contributed by atoms with van der Waals surface area (Å²) in [5.74, 6) is 0.261. The lowest BCUT2D eigenvalue weighted by atomic mass is 9.81. The highest BCUT2D eigenvalue weighted by molar-refractivity contribution is 9.10. The van der Waals surface area contributed by atoms with Crippen LogP contribution in [-0.4, -0.2) is 9.97 Å². The van der Waals surface area contributed by atoms with E-state index in [9.17, 15) is 4.39 Å². The Morgan fingerprint density at radius 2 is 1.83 bits per heavy atom. The molecular weight excluding hydrogens is 371 g/mol. The smallest absolute Gasteiger partial charge is 0.131 e. The number of nitrogens with one attached hydrogen (secondary N) is 1. The number of fused-ring (bicyclic) bond motifs is 1. The van der Waals surface area contributed by atoms with E-state index >= 15 is 0 Å². The van der Waals surface area contributed by atoms with Gasteiger partial charge in [0.2, 0.25) is 0 Å². The van der Waals surface area contributed by atoms with Crippen molar-refractivity contribution in [1.29, 1.82) is 0 Å². The van der Waals surface area contributed by atoms with Crippen molar-refractivity contribution in [2.75, 3.05) is 5.32 Å². The van der Waals surface area contributed by atoms with E-state index in [4.69, 9.17) is 5.73 Å². The molecule has 2 unspecified atom stereocenters. The lowest BCUT2D eigenvalue weighted by Gasteiger charge is -2.32. The number of halogens is 2. The summed E-state index contributed by atoms with van der Waals surface area (Å²) in [6.45, 7) is 0. The van der Waals surface area contributed by atoms with Crippen LogP contribution < -0.4 is 11.1 Å². The molecule has 0 saturated heterocycles. The van der Waals surface area contributed by atoms with E-state index in [1.807, 2.05) is 18.2 Å². The van der Waals surface area contributed by atoms with E-state index in [0.29, 0.717) is 0 Å². The molecule has 0 aliphatic carbocycles. The van der Waals surface area contributed by atoms with Crippen LogP contribution in [0.3, 0.4) is 0 Å². The number of rotatable bonds is 2. The Balaban J connectivity index is 1.92. The van der Waals surface area contributed by atoms with Crippen molar-refractivity contribution in [2.45, 2.75) is 11.6 Å². The number of aromatic nitrogens is 2. The first kappa shape index (κ1) is 15.2. The van der Waals surface area contributed by atoms with Crippen molar-refractivity contribution in [3.05, 3.63) is 88.0 Å². The van der Waals surface area contributed by atoms with Gasteiger partial charge in [-0.25, -0.2) is 9.37 Å². The van der Waals surface area contributed by atoms with Crippen LogP contribution in [0.1, 0.15) is 22.6 Å². The zero-order chi connectivity index (χ0) is 16.7. The molecule has 1 aromatic carbocycles. The maximum absolute atomic E-state index is 13.3. The maximum Gasteiger partial charge on any atom is 0.131 e. The van der Waals surface area contributed by atoms with Gasteiger partial charge in [0, 0.05) is 28.6 Å². The highest BCUT2D eigenvalue weighted by atomic mass is 79.9.